The summed E-state index contributed by atoms with van der Waals surface area (Å²) >= 11 is 0. The Labute approximate surface area is 83.9 Å². The maximum absolute atomic E-state index is 13.0. The van der Waals surface area contributed by atoms with E-state index >= 15 is 0 Å². The van der Waals surface area contributed by atoms with Crippen molar-refractivity contribution in [1.29, 1.82) is 5.26 Å². The van der Waals surface area contributed by atoms with Gasteiger partial charge in [-0.2, -0.15) is 14.0 Å². The van der Waals surface area contributed by atoms with E-state index in [1.807, 2.05) is 0 Å². The lowest BCUT2D eigenvalue weighted by atomic mass is 10.1. The minimum absolute atomic E-state index is 0.264. The molecule has 0 atom stereocenters. The van der Waals surface area contributed by atoms with E-state index in [0.717, 1.165) is 12.1 Å². The van der Waals surface area contributed by atoms with Gasteiger partial charge in [0.15, 0.2) is 11.5 Å². The fourth-order valence-electron chi connectivity index (χ4n) is 1.30. The highest BCUT2D eigenvalue weighted by Gasteiger charge is 2.31. The van der Waals surface area contributed by atoms with Gasteiger partial charge in [0.2, 0.25) is 0 Å². The van der Waals surface area contributed by atoms with Gasteiger partial charge >= 0.3 is 5.92 Å². The number of alkyl halides is 2. The van der Waals surface area contributed by atoms with Gasteiger partial charge in [-0.25, -0.2) is 4.98 Å². The van der Waals surface area contributed by atoms with Crippen molar-refractivity contribution >= 4 is 11.1 Å². The monoisotopic (exact) mass is 208 g/mol. The van der Waals surface area contributed by atoms with Crippen LogP contribution in [0.3, 0.4) is 0 Å². The highest BCUT2D eigenvalue weighted by Crippen LogP contribution is 2.29. The largest absolute Gasteiger partial charge is 0.441 e. The van der Waals surface area contributed by atoms with Crippen molar-refractivity contribution in [2.75, 3.05) is 0 Å². The van der Waals surface area contributed by atoms with Crippen LogP contribution in [0.4, 0.5) is 8.78 Å². The third-order valence-corrected chi connectivity index (χ3v) is 2.00. The molecule has 1 aromatic carbocycles. The first kappa shape index (κ1) is 9.59. The second-order valence-corrected chi connectivity index (χ2v) is 3.10. The minimum Gasteiger partial charge on any atom is -0.441 e. The van der Waals surface area contributed by atoms with Crippen LogP contribution in [0.2, 0.25) is 0 Å². The van der Waals surface area contributed by atoms with Gasteiger partial charge in [0, 0.05) is 12.5 Å². The Morgan fingerprint density at radius 3 is 2.87 bits per heavy atom. The Kier molecular flexibility index (Phi) is 1.93. The van der Waals surface area contributed by atoms with Gasteiger partial charge < -0.3 is 4.42 Å². The average molecular weight is 208 g/mol. The van der Waals surface area contributed by atoms with Crippen molar-refractivity contribution in [3.8, 4) is 6.07 Å². The summed E-state index contributed by atoms with van der Waals surface area (Å²) in [5.74, 6) is -3.09. The standard InChI is InChI=1S/C10H6F2N2O/c1-6-14-8-3-2-7(4-9(8)15-6)10(11,12)5-13/h2-4H,1H3. The maximum Gasteiger partial charge on any atom is 0.357 e. The summed E-state index contributed by atoms with van der Waals surface area (Å²) in [6.07, 6.45) is 0. The number of aromatic nitrogens is 1. The molecule has 0 unspecified atom stereocenters. The minimum atomic E-state index is -3.49. The zero-order chi connectivity index (χ0) is 11.1. The average Bonchev–Trinajstić information content (AvgIpc) is 2.56. The normalized spacial score (nSPS) is 11.6. The summed E-state index contributed by atoms with van der Waals surface area (Å²) in [6, 6.07) is 4.65. The lowest BCUT2D eigenvalue weighted by Crippen LogP contribution is -2.09. The molecule has 0 saturated carbocycles. The number of aryl methyl sites for hydroxylation is 1. The van der Waals surface area contributed by atoms with Crippen LogP contribution in [0.5, 0.6) is 0 Å². The van der Waals surface area contributed by atoms with Gasteiger partial charge in [-0.15, -0.1) is 0 Å². The number of nitriles is 1. The third kappa shape index (κ3) is 1.54. The molecule has 1 aromatic heterocycles. The highest BCUT2D eigenvalue weighted by atomic mass is 19.3. The van der Waals surface area contributed by atoms with Crippen molar-refractivity contribution in [3.05, 3.63) is 29.7 Å². The summed E-state index contributed by atoms with van der Waals surface area (Å²) in [5.41, 5.74) is 0.388. The number of benzene rings is 1. The molecular weight excluding hydrogens is 202 g/mol. The molecule has 1 heterocycles. The van der Waals surface area contributed by atoms with Gasteiger partial charge in [-0.3, -0.25) is 0 Å². The van der Waals surface area contributed by atoms with Crippen LogP contribution in [0.15, 0.2) is 22.6 Å². The van der Waals surface area contributed by atoms with Crippen molar-refractivity contribution in [2.24, 2.45) is 0 Å². The number of rotatable bonds is 1. The van der Waals surface area contributed by atoms with Crippen molar-refractivity contribution in [2.45, 2.75) is 12.8 Å². The first-order valence-electron chi connectivity index (χ1n) is 4.20. The Morgan fingerprint density at radius 2 is 2.20 bits per heavy atom. The quantitative estimate of drug-likeness (QED) is 0.723. The lowest BCUT2D eigenvalue weighted by molar-refractivity contribution is 0.0613. The van der Waals surface area contributed by atoms with E-state index in [1.54, 1.807) is 6.92 Å². The number of oxazole rings is 1. The van der Waals surface area contributed by atoms with Gasteiger partial charge in [-0.1, -0.05) is 0 Å². The smallest absolute Gasteiger partial charge is 0.357 e. The van der Waals surface area contributed by atoms with E-state index in [4.69, 9.17) is 9.68 Å². The molecule has 0 aliphatic carbocycles. The Hall–Kier alpha value is -1.96. The van der Waals surface area contributed by atoms with E-state index in [0.29, 0.717) is 11.4 Å². The number of nitrogens with zero attached hydrogens (tertiary/aromatic N) is 2. The molecule has 0 spiro atoms. The second kappa shape index (κ2) is 3.02. The first-order chi connectivity index (χ1) is 7.03. The highest BCUT2D eigenvalue weighted by molar-refractivity contribution is 5.73. The van der Waals surface area contributed by atoms with Crippen LogP contribution in [-0.2, 0) is 5.92 Å². The second-order valence-electron chi connectivity index (χ2n) is 3.10. The molecule has 0 radical (unpaired) electrons. The van der Waals surface area contributed by atoms with Crippen LogP contribution in [-0.4, -0.2) is 4.98 Å². The van der Waals surface area contributed by atoms with Crippen LogP contribution in [0, 0.1) is 18.3 Å². The summed E-state index contributed by atoms with van der Waals surface area (Å²) in [5, 5.41) is 8.28. The molecule has 0 saturated heterocycles. The molecule has 0 amide bonds. The molecule has 0 aliphatic heterocycles. The fourth-order valence-corrected chi connectivity index (χ4v) is 1.30. The van der Waals surface area contributed by atoms with Crippen LogP contribution >= 0.6 is 0 Å². The topological polar surface area (TPSA) is 49.8 Å². The molecule has 2 rings (SSSR count). The van der Waals surface area contributed by atoms with Crippen LogP contribution < -0.4 is 0 Å². The maximum atomic E-state index is 13.0. The summed E-state index contributed by atoms with van der Waals surface area (Å²) in [6.45, 7) is 1.63. The summed E-state index contributed by atoms with van der Waals surface area (Å²) in [7, 11) is 0. The third-order valence-electron chi connectivity index (χ3n) is 2.00. The van der Waals surface area contributed by atoms with E-state index in [9.17, 15) is 8.78 Å². The van der Waals surface area contributed by atoms with E-state index in [-0.39, 0.29) is 11.1 Å². The molecule has 3 nitrogen and oxygen atoms in total. The number of hydrogen-bond acceptors (Lipinski definition) is 3. The van der Waals surface area contributed by atoms with Crippen LogP contribution in [0.1, 0.15) is 11.5 Å². The predicted octanol–water partition coefficient (Wildman–Crippen LogP) is 2.75. The predicted molar refractivity (Wildman–Crippen MR) is 48.3 cm³/mol. The van der Waals surface area contributed by atoms with Crippen LogP contribution in [0.25, 0.3) is 11.1 Å². The van der Waals surface area contributed by atoms with Gasteiger partial charge in [0.25, 0.3) is 0 Å². The van der Waals surface area contributed by atoms with Crippen molar-refractivity contribution < 1.29 is 13.2 Å². The summed E-state index contributed by atoms with van der Waals surface area (Å²) < 4.78 is 31.1. The Bertz CT molecular complexity index is 554. The SMILES string of the molecule is Cc1nc2ccc(C(F)(F)C#N)cc2o1. The number of halogens is 2. The molecule has 5 heteroatoms. The first-order valence-corrected chi connectivity index (χ1v) is 4.20. The van der Waals surface area contributed by atoms with Gasteiger partial charge in [-0.05, 0) is 18.2 Å². The number of fused-ring (bicyclic) bond motifs is 1. The van der Waals surface area contributed by atoms with E-state index < -0.39 is 5.92 Å². The molecule has 0 fully saturated rings. The zero-order valence-corrected chi connectivity index (χ0v) is 7.79. The Balaban J connectivity index is 2.62. The lowest BCUT2D eigenvalue weighted by Gasteiger charge is -2.05. The molecule has 76 valence electrons. The Morgan fingerprint density at radius 1 is 1.47 bits per heavy atom. The summed E-state index contributed by atoms with van der Waals surface area (Å²) in [4.78, 5) is 3.97. The molecule has 2 aromatic rings. The fraction of sp³-hybridized carbons (Fsp3) is 0.200. The van der Waals surface area contributed by atoms with Crippen molar-refractivity contribution in [1.82, 2.24) is 4.98 Å². The number of hydrogen-bond donors (Lipinski definition) is 0. The molecular formula is C10H6F2N2O. The van der Waals surface area contributed by atoms with E-state index in [1.165, 1.54) is 12.1 Å². The molecule has 0 N–H and O–H groups in total. The van der Waals surface area contributed by atoms with Crippen molar-refractivity contribution in [3.63, 3.8) is 0 Å². The van der Waals surface area contributed by atoms with Gasteiger partial charge in [0.1, 0.15) is 11.6 Å². The molecule has 0 aliphatic rings. The van der Waals surface area contributed by atoms with E-state index in [2.05, 4.69) is 4.98 Å². The molecule has 0 bridgehead atoms. The zero-order valence-electron chi connectivity index (χ0n) is 7.79. The molecule has 15 heavy (non-hydrogen) atoms. The van der Waals surface area contributed by atoms with Gasteiger partial charge in [0.05, 0.1) is 0 Å².